The molecule has 0 amide bonds. The number of ketones is 1. The van der Waals surface area contributed by atoms with E-state index in [2.05, 4.69) is 9.71 Å². The van der Waals surface area contributed by atoms with Gasteiger partial charge in [-0.1, -0.05) is 17.8 Å². The predicted octanol–water partition coefficient (Wildman–Crippen LogP) is 4.07. The number of fused-ring (bicyclic) bond motifs is 1. The minimum atomic E-state index is -3.37. The third-order valence-corrected chi connectivity index (χ3v) is 7.82. The van der Waals surface area contributed by atoms with Gasteiger partial charge in [0.15, 0.2) is 10.9 Å². The molecular weight excluding hydrogens is 475 g/mol. The first-order valence-corrected chi connectivity index (χ1v) is 13.6. The lowest BCUT2D eigenvalue weighted by Gasteiger charge is -2.08. The molecule has 0 fully saturated rings. The zero-order chi connectivity index (χ0) is 22.2. The SMILES string of the molecule is Cn1c(SCC(=O)c2ccc(NS(C)(=O)=O)cc2)nc2scc(-c3cccs3)c2c1=O. The number of nitrogens with one attached hydrogen (secondary N) is 1. The molecule has 1 N–H and O–H groups in total. The summed E-state index contributed by atoms with van der Waals surface area (Å²) in [6.07, 6.45) is 1.06. The largest absolute Gasteiger partial charge is 0.293 e. The minimum Gasteiger partial charge on any atom is -0.293 e. The molecule has 0 saturated heterocycles. The Morgan fingerprint density at radius 1 is 1.19 bits per heavy atom. The molecule has 4 rings (SSSR count). The number of carbonyl (C=O) groups is 1. The van der Waals surface area contributed by atoms with Gasteiger partial charge in [-0.05, 0) is 35.7 Å². The number of nitrogens with zero attached hydrogens (tertiary/aromatic N) is 2. The third-order valence-electron chi connectivity index (χ3n) is 4.40. The van der Waals surface area contributed by atoms with Gasteiger partial charge in [0.1, 0.15) is 4.83 Å². The van der Waals surface area contributed by atoms with Crippen molar-refractivity contribution >= 4 is 66.1 Å². The second kappa shape index (κ2) is 8.58. The number of Topliss-reactive ketones (excluding diaryl/α,β-unsaturated/α-hetero) is 1. The van der Waals surface area contributed by atoms with Crippen LogP contribution in [0, 0.1) is 0 Å². The first-order chi connectivity index (χ1) is 14.7. The Morgan fingerprint density at radius 3 is 2.58 bits per heavy atom. The summed E-state index contributed by atoms with van der Waals surface area (Å²) in [4.78, 5) is 31.8. The summed E-state index contributed by atoms with van der Waals surface area (Å²) in [5, 5.41) is 4.98. The molecule has 0 saturated carbocycles. The van der Waals surface area contributed by atoms with E-state index in [1.54, 1.807) is 30.5 Å². The second-order valence-corrected chi connectivity index (χ2v) is 11.2. The van der Waals surface area contributed by atoms with Gasteiger partial charge >= 0.3 is 0 Å². The van der Waals surface area contributed by atoms with Gasteiger partial charge in [-0.15, -0.1) is 22.7 Å². The molecule has 0 aliphatic rings. The van der Waals surface area contributed by atoms with Gasteiger partial charge in [0.2, 0.25) is 10.0 Å². The average molecular weight is 492 g/mol. The van der Waals surface area contributed by atoms with E-state index in [9.17, 15) is 18.0 Å². The minimum absolute atomic E-state index is 0.105. The average Bonchev–Trinajstić information content (AvgIpc) is 3.38. The summed E-state index contributed by atoms with van der Waals surface area (Å²) in [5.41, 5.74) is 1.59. The van der Waals surface area contributed by atoms with Gasteiger partial charge in [0.05, 0.1) is 17.4 Å². The van der Waals surface area contributed by atoms with Crippen molar-refractivity contribution in [2.24, 2.45) is 7.05 Å². The van der Waals surface area contributed by atoms with E-state index >= 15 is 0 Å². The highest BCUT2D eigenvalue weighted by molar-refractivity contribution is 7.99. The number of thiophene rings is 2. The lowest BCUT2D eigenvalue weighted by molar-refractivity contribution is 0.102. The molecule has 0 bridgehead atoms. The van der Waals surface area contributed by atoms with Crippen LogP contribution in [-0.2, 0) is 17.1 Å². The highest BCUT2D eigenvalue weighted by Gasteiger charge is 2.17. The van der Waals surface area contributed by atoms with Crippen LogP contribution in [0.1, 0.15) is 10.4 Å². The maximum absolute atomic E-state index is 13.0. The Bertz CT molecular complexity index is 1420. The number of thioether (sulfide) groups is 1. The molecule has 0 spiro atoms. The number of rotatable bonds is 7. The Hall–Kier alpha value is -2.47. The van der Waals surface area contributed by atoms with Crippen molar-refractivity contribution in [1.82, 2.24) is 9.55 Å². The molecule has 4 aromatic rings. The number of aromatic nitrogens is 2. The van der Waals surface area contributed by atoms with E-state index in [1.165, 1.54) is 39.8 Å². The normalized spacial score (nSPS) is 11.7. The van der Waals surface area contributed by atoms with Crippen molar-refractivity contribution in [2.45, 2.75) is 5.16 Å². The molecule has 160 valence electrons. The fourth-order valence-electron chi connectivity index (χ4n) is 2.95. The maximum atomic E-state index is 13.0. The molecule has 0 radical (unpaired) electrons. The molecule has 3 aromatic heterocycles. The Balaban J connectivity index is 1.53. The third kappa shape index (κ3) is 4.74. The molecule has 11 heteroatoms. The smallest absolute Gasteiger partial charge is 0.263 e. The fraction of sp³-hybridized carbons (Fsp3) is 0.150. The zero-order valence-corrected chi connectivity index (χ0v) is 19.8. The molecule has 0 aliphatic carbocycles. The monoisotopic (exact) mass is 491 g/mol. The summed E-state index contributed by atoms with van der Waals surface area (Å²) < 4.78 is 26.4. The van der Waals surface area contributed by atoms with Crippen molar-refractivity contribution < 1.29 is 13.2 Å². The zero-order valence-electron chi connectivity index (χ0n) is 16.5. The van der Waals surface area contributed by atoms with Crippen LogP contribution in [0.25, 0.3) is 20.7 Å². The van der Waals surface area contributed by atoms with Crippen LogP contribution in [0.15, 0.2) is 57.1 Å². The van der Waals surface area contributed by atoms with E-state index in [0.717, 1.165) is 16.7 Å². The molecule has 3 heterocycles. The van der Waals surface area contributed by atoms with Crippen molar-refractivity contribution in [3.05, 3.63) is 63.1 Å². The van der Waals surface area contributed by atoms with E-state index in [-0.39, 0.29) is 17.1 Å². The number of benzene rings is 1. The first kappa shape index (κ1) is 21.8. The standard InChI is InChI=1S/C20H17N3O4S4/c1-23-19(25)17-14(16-4-3-9-28-16)10-29-18(17)21-20(23)30-11-15(24)12-5-7-13(8-6-12)22-31(2,26)27/h3-10,22H,11H2,1-2H3. The van der Waals surface area contributed by atoms with Crippen LogP contribution in [0.3, 0.4) is 0 Å². The van der Waals surface area contributed by atoms with Crippen LogP contribution in [-0.4, -0.2) is 35.8 Å². The second-order valence-electron chi connectivity index (χ2n) is 6.73. The Kier molecular flexibility index (Phi) is 6.02. The van der Waals surface area contributed by atoms with Crippen molar-refractivity contribution in [1.29, 1.82) is 0 Å². The van der Waals surface area contributed by atoms with E-state index in [1.807, 2.05) is 22.9 Å². The quantitative estimate of drug-likeness (QED) is 0.238. The van der Waals surface area contributed by atoms with Gasteiger partial charge in [0, 0.05) is 34.1 Å². The van der Waals surface area contributed by atoms with E-state index in [0.29, 0.717) is 26.6 Å². The number of anilines is 1. The van der Waals surface area contributed by atoms with Crippen LogP contribution in [0.2, 0.25) is 0 Å². The molecule has 31 heavy (non-hydrogen) atoms. The number of sulfonamides is 1. The van der Waals surface area contributed by atoms with Gasteiger partial charge in [-0.3, -0.25) is 18.9 Å². The summed E-state index contributed by atoms with van der Waals surface area (Å²) >= 11 is 4.19. The molecular formula is C20H17N3O4S4. The fourth-order valence-corrected chi connectivity index (χ4v) is 6.18. The van der Waals surface area contributed by atoms with Gasteiger partial charge in [-0.25, -0.2) is 13.4 Å². The highest BCUT2D eigenvalue weighted by atomic mass is 32.2. The van der Waals surface area contributed by atoms with Crippen LogP contribution >= 0.6 is 34.4 Å². The summed E-state index contributed by atoms with van der Waals surface area (Å²) in [5.74, 6) is -0.0379. The highest BCUT2D eigenvalue weighted by Crippen LogP contribution is 2.34. The summed E-state index contributed by atoms with van der Waals surface area (Å²) in [6, 6.07) is 10.1. The summed E-state index contributed by atoms with van der Waals surface area (Å²) in [7, 11) is -1.72. The maximum Gasteiger partial charge on any atom is 0.263 e. The lowest BCUT2D eigenvalue weighted by Crippen LogP contribution is -2.20. The van der Waals surface area contributed by atoms with Crippen molar-refractivity contribution in [3.8, 4) is 10.4 Å². The molecule has 7 nitrogen and oxygen atoms in total. The van der Waals surface area contributed by atoms with Crippen LogP contribution in [0.5, 0.6) is 0 Å². The molecule has 0 unspecified atom stereocenters. The predicted molar refractivity (Wildman–Crippen MR) is 128 cm³/mol. The van der Waals surface area contributed by atoms with Crippen LogP contribution < -0.4 is 10.3 Å². The number of hydrogen-bond donors (Lipinski definition) is 1. The Labute approximate surface area is 190 Å². The summed E-state index contributed by atoms with van der Waals surface area (Å²) in [6.45, 7) is 0. The van der Waals surface area contributed by atoms with Gasteiger partial charge in [-0.2, -0.15) is 0 Å². The molecule has 0 aliphatic heterocycles. The first-order valence-electron chi connectivity index (χ1n) is 8.99. The van der Waals surface area contributed by atoms with E-state index in [4.69, 9.17) is 0 Å². The lowest BCUT2D eigenvalue weighted by atomic mass is 10.1. The number of hydrogen-bond acceptors (Lipinski definition) is 8. The van der Waals surface area contributed by atoms with Crippen LogP contribution in [0.4, 0.5) is 5.69 Å². The topological polar surface area (TPSA) is 98.1 Å². The number of carbonyl (C=O) groups excluding carboxylic acids is 1. The Morgan fingerprint density at radius 2 is 1.94 bits per heavy atom. The van der Waals surface area contributed by atoms with Gasteiger partial charge in [0.25, 0.3) is 5.56 Å². The van der Waals surface area contributed by atoms with Gasteiger partial charge < -0.3 is 0 Å². The molecule has 1 aromatic carbocycles. The molecule has 0 atom stereocenters. The van der Waals surface area contributed by atoms with Crippen molar-refractivity contribution in [2.75, 3.05) is 16.7 Å². The van der Waals surface area contributed by atoms with Crippen molar-refractivity contribution in [3.63, 3.8) is 0 Å². The van der Waals surface area contributed by atoms with E-state index < -0.39 is 10.0 Å².